The Morgan fingerprint density at radius 1 is 1.09 bits per heavy atom. The summed E-state index contributed by atoms with van der Waals surface area (Å²) in [6.45, 7) is 6.56. The highest BCUT2D eigenvalue weighted by molar-refractivity contribution is 6.07. The molecule has 0 radical (unpaired) electrons. The zero-order valence-corrected chi connectivity index (χ0v) is 18.5. The fourth-order valence-electron chi connectivity index (χ4n) is 3.84. The van der Waals surface area contributed by atoms with Crippen molar-refractivity contribution in [1.29, 1.82) is 0 Å². The van der Waals surface area contributed by atoms with Crippen LogP contribution in [-0.2, 0) is 13.1 Å². The van der Waals surface area contributed by atoms with Gasteiger partial charge in [-0.05, 0) is 44.0 Å². The van der Waals surface area contributed by atoms with Crippen molar-refractivity contribution in [3.05, 3.63) is 83.0 Å². The van der Waals surface area contributed by atoms with E-state index in [0.717, 1.165) is 28.2 Å². The van der Waals surface area contributed by atoms with E-state index in [1.54, 1.807) is 24.0 Å². The van der Waals surface area contributed by atoms with Crippen LogP contribution in [0.25, 0.3) is 22.4 Å². The van der Waals surface area contributed by atoms with E-state index in [2.05, 4.69) is 25.5 Å². The molecule has 0 saturated heterocycles. The van der Waals surface area contributed by atoms with E-state index >= 15 is 0 Å². The van der Waals surface area contributed by atoms with E-state index in [1.807, 2.05) is 44.2 Å². The van der Waals surface area contributed by atoms with Crippen LogP contribution in [0.1, 0.15) is 38.7 Å². The molecule has 4 heterocycles. The summed E-state index contributed by atoms with van der Waals surface area (Å²) in [7, 11) is 0. The van der Waals surface area contributed by atoms with Gasteiger partial charge in [0, 0.05) is 12.1 Å². The van der Waals surface area contributed by atoms with Crippen LogP contribution in [0.15, 0.2) is 58.0 Å². The molecule has 0 atom stereocenters. The maximum absolute atomic E-state index is 13.2. The fraction of sp³-hybridized carbons (Fsp3) is 0.208. The molecule has 0 aliphatic heterocycles. The average Bonchev–Trinajstić information content (AvgIpc) is 3.53. The molecule has 9 nitrogen and oxygen atoms in total. The van der Waals surface area contributed by atoms with Gasteiger partial charge in [0.15, 0.2) is 0 Å². The second kappa shape index (κ2) is 8.34. The number of aryl methyl sites for hydroxylation is 3. The van der Waals surface area contributed by atoms with Crippen LogP contribution in [0.2, 0.25) is 0 Å². The van der Waals surface area contributed by atoms with Gasteiger partial charge >= 0.3 is 0 Å². The molecule has 4 aromatic heterocycles. The van der Waals surface area contributed by atoms with Gasteiger partial charge < -0.3 is 14.3 Å². The number of nitrogens with one attached hydrogen (secondary N) is 1. The number of hydrogen-bond donors (Lipinski definition) is 1. The molecular formula is C24H22N6O3. The highest BCUT2D eigenvalue weighted by atomic mass is 16.5. The van der Waals surface area contributed by atoms with Crippen LogP contribution in [-0.4, -0.2) is 30.8 Å². The SMILES string of the molecule is Cc1cc(-c2cc(C(=O)NCc3ccc(Cn4cncn4)cc3)c3c(C)noc3n2)c(C)o1. The Bertz CT molecular complexity index is 1430. The maximum atomic E-state index is 13.2. The predicted molar refractivity (Wildman–Crippen MR) is 120 cm³/mol. The van der Waals surface area contributed by atoms with Crippen LogP contribution in [0, 0.1) is 20.8 Å². The van der Waals surface area contributed by atoms with Gasteiger partial charge in [0.1, 0.15) is 24.2 Å². The minimum absolute atomic E-state index is 0.223. The van der Waals surface area contributed by atoms with Crippen LogP contribution in [0.3, 0.4) is 0 Å². The fourth-order valence-corrected chi connectivity index (χ4v) is 3.84. The predicted octanol–water partition coefficient (Wildman–Crippen LogP) is 3.98. The molecule has 0 spiro atoms. The first-order valence-corrected chi connectivity index (χ1v) is 10.5. The second-order valence-corrected chi connectivity index (χ2v) is 7.92. The van der Waals surface area contributed by atoms with Crippen molar-refractivity contribution in [2.45, 2.75) is 33.9 Å². The zero-order chi connectivity index (χ0) is 22.9. The number of nitrogens with zero attached hydrogens (tertiary/aromatic N) is 5. The zero-order valence-electron chi connectivity index (χ0n) is 18.5. The molecular weight excluding hydrogens is 420 g/mol. The summed E-state index contributed by atoms with van der Waals surface area (Å²) in [6.07, 6.45) is 3.19. The minimum Gasteiger partial charge on any atom is -0.466 e. The van der Waals surface area contributed by atoms with Crippen molar-refractivity contribution < 1.29 is 13.7 Å². The quantitative estimate of drug-likeness (QED) is 0.423. The summed E-state index contributed by atoms with van der Waals surface area (Å²) in [5, 5.41) is 11.7. The lowest BCUT2D eigenvalue weighted by molar-refractivity contribution is 0.0952. The van der Waals surface area contributed by atoms with E-state index in [-0.39, 0.29) is 5.91 Å². The van der Waals surface area contributed by atoms with Gasteiger partial charge in [-0.3, -0.25) is 4.79 Å². The molecule has 5 rings (SSSR count). The van der Waals surface area contributed by atoms with Crippen LogP contribution < -0.4 is 5.32 Å². The topological polar surface area (TPSA) is 112 Å². The summed E-state index contributed by atoms with van der Waals surface area (Å²) < 4.78 is 12.8. The maximum Gasteiger partial charge on any atom is 0.259 e. The van der Waals surface area contributed by atoms with E-state index in [0.29, 0.717) is 41.1 Å². The Hall–Kier alpha value is -4.27. The summed E-state index contributed by atoms with van der Waals surface area (Å²) in [6, 6.07) is 11.7. The minimum atomic E-state index is -0.223. The lowest BCUT2D eigenvalue weighted by atomic mass is 10.1. The molecule has 0 saturated carbocycles. The molecule has 0 aliphatic rings. The van der Waals surface area contributed by atoms with Gasteiger partial charge in [-0.1, -0.05) is 29.4 Å². The van der Waals surface area contributed by atoms with Crippen LogP contribution in [0.5, 0.6) is 0 Å². The third kappa shape index (κ3) is 4.12. The van der Waals surface area contributed by atoms with Gasteiger partial charge in [-0.25, -0.2) is 14.6 Å². The number of amides is 1. The molecule has 5 aromatic rings. The molecule has 1 N–H and O–H groups in total. The Labute approximate surface area is 189 Å². The Morgan fingerprint density at radius 2 is 1.88 bits per heavy atom. The summed E-state index contributed by atoms with van der Waals surface area (Å²) in [5.41, 5.74) is 4.92. The molecule has 1 amide bonds. The normalized spacial score (nSPS) is 11.2. The number of rotatable bonds is 6. The first kappa shape index (κ1) is 20.6. The van der Waals surface area contributed by atoms with Crippen molar-refractivity contribution in [1.82, 2.24) is 30.2 Å². The number of aromatic nitrogens is 5. The molecule has 9 heteroatoms. The molecule has 33 heavy (non-hydrogen) atoms. The summed E-state index contributed by atoms with van der Waals surface area (Å²) in [5.74, 6) is 1.28. The molecule has 0 aliphatic carbocycles. The van der Waals surface area contributed by atoms with Crippen molar-refractivity contribution in [3.8, 4) is 11.3 Å². The smallest absolute Gasteiger partial charge is 0.259 e. The van der Waals surface area contributed by atoms with Gasteiger partial charge in [0.05, 0.1) is 28.9 Å². The van der Waals surface area contributed by atoms with Crippen molar-refractivity contribution >= 4 is 17.0 Å². The Morgan fingerprint density at radius 3 is 2.58 bits per heavy atom. The number of benzene rings is 1. The molecule has 1 aromatic carbocycles. The van der Waals surface area contributed by atoms with E-state index in [4.69, 9.17) is 8.94 Å². The third-order valence-corrected chi connectivity index (χ3v) is 5.47. The lowest BCUT2D eigenvalue weighted by Gasteiger charge is -2.09. The van der Waals surface area contributed by atoms with Gasteiger partial charge in [0.2, 0.25) is 0 Å². The monoisotopic (exact) mass is 442 g/mol. The molecule has 166 valence electrons. The van der Waals surface area contributed by atoms with Crippen LogP contribution >= 0.6 is 0 Å². The first-order chi connectivity index (χ1) is 16.0. The van der Waals surface area contributed by atoms with Crippen molar-refractivity contribution in [2.75, 3.05) is 0 Å². The highest BCUT2D eigenvalue weighted by Crippen LogP contribution is 2.30. The summed E-state index contributed by atoms with van der Waals surface area (Å²) in [4.78, 5) is 21.7. The number of carbonyl (C=O) groups excluding carboxylic acids is 1. The van der Waals surface area contributed by atoms with E-state index < -0.39 is 0 Å². The number of furan rings is 1. The molecule has 0 fully saturated rings. The largest absolute Gasteiger partial charge is 0.466 e. The first-order valence-electron chi connectivity index (χ1n) is 10.5. The van der Waals surface area contributed by atoms with E-state index in [1.165, 1.54) is 6.33 Å². The van der Waals surface area contributed by atoms with E-state index in [9.17, 15) is 4.79 Å². The second-order valence-electron chi connectivity index (χ2n) is 7.92. The summed E-state index contributed by atoms with van der Waals surface area (Å²) >= 11 is 0. The average molecular weight is 442 g/mol. The lowest BCUT2D eigenvalue weighted by Crippen LogP contribution is -2.23. The van der Waals surface area contributed by atoms with Crippen molar-refractivity contribution in [3.63, 3.8) is 0 Å². The van der Waals surface area contributed by atoms with Gasteiger partial charge in [-0.2, -0.15) is 5.10 Å². The number of fused-ring (bicyclic) bond motifs is 1. The standard InChI is InChI=1S/C24H22N6O3/c1-14-8-19(16(3)32-14)21-9-20(22-15(2)29-33-24(22)28-21)23(31)26-10-17-4-6-18(7-5-17)11-30-13-25-12-27-30/h4-9,12-13H,10-11H2,1-3H3,(H,26,31). The van der Waals surface area contributed by atoms with Crippen LogP contribution in [0.4, 0.5) is 0 Å². The number of pyridine rings is 1. The molecule has 0 unspecified atom stereocenters. The highest BCUT2D eigenvalue weighted by Gasteiger charge is 2.21. The number of hydrogen-bond acceptors (Lipinski definition) is 7. The Balaban J connectivity index is 1.37. The van der Waals surface area contributed by atoms with Gasteiger partial charge in [0.25, 0.3) is 11.6 Å². The third-order valence-electron chi connectivity index (χ3n) is 5.47. The Kier molecular flexibility index (Phi) is 5.21. The van der Waals surface area contributed by atoms with Crippen molar-refractivity contribution in [2.24, 2.45) is 0 Å². The van der Waals surface area contributed by atoms with Gasteiger partial charge in [-0.15, -0.1) is 0 Å². The number of carbonyl (C=O) groups is 1. The molecule has 0 bridgehead atoms.